The normalized spacial score (nSPS) is 15.5. The van der Waals surface area contributed by atoms with Crippen molar-refractivity contribution < 1.29 is 28.6 Å². The lowest BCUT2D eigenvalue weighted by Gasteiger charge is -2.26. The highest BCUT2D eigenvalue weighted by atomic mass is 16.5. The summed E-state index contributed by atoms with van der Waals surface area (Å²) in [4.78, 5) is 36.9. The van der Waals surface area contributed by atoms with Gasteiger partial charge in [0, 0.05) is 25.1 Å². The Morgan fingerprint density at radius 3 is 2.67 bits per heavy atom. The van der Waals surface area contributed by atoms with E-state index in [0.717, 1.165) is 31.2 Å². The average molecular weight is 421 g/mol. The van der Waals surface area contributed by atoms with Crippen LogP contribution in [0.5, 0.6) is 11.5 Å². The second-order valence-electron chi connectivity index (χ2n) is 7.12. The number of benzene rings is 1. The standard InChI is InChI=1S/C21H31N3O6/c1-28-15-9-10-18(29-2)16(13-15)17-7-6-12-24(17)19(25)14-30-20(26)8-4-3-5-11-23-21(22)27/h9-10,13,17H,3-8,11-12,14H2,1-2H3,(H3,22,23,27)/t17-/m1/s1. The molecule has 1 saturated heterocycles. The van der Waals surface area contributed by atoms with Gasteiger partial charge in [-0.25, -0.2) is 4.79 Å². The van der Waals surface area contributed by atoms with Gasteiger partial charge in [-0.1, -0.05) is 6.42 Å². The maximum Gasteiger partial charge on any atom is 0.312 e. The van der Waals surface area contributed by atoms with Crippen molar-refractivity contribution in [1.82, 2.24) is 10.2 Å². The first-order valence-corrected chi connectivity index (χ1v) is 10.2. The van der Waals surface area contributed by atoms with Crippen LogP contribution >= 0.6 is 0 Å². The van der Waals surface area contributed by atoms with E-state index in [1.165, 1.54) is 0 Å². The number of carbonyl (C=O) groups is 3. The summed E-state index contributed by atoms with van der Waals surface area (Å²) in [5.41, 5.74) is 5.87. The number of hydrogen-bond donors (Lipinski definition) is 2. The lowest BCUT2D eigenvalue weighted by molar-refractivity contribution is -0.152. The zero-order valence-electron chi connectivity index (χ0n) is 17.6. The first-order valence-electron chi connectivity index (χ1n) is 10.2. The monoisotopic (exact) mass is 421 g/mol. The Balaban J connectivity index is 1.82. The molecule has 1 aromatic carbocycles. The number of nitrogens with zero attached hydrogens (tertiary/aromatic N) is 1. The van der Waals surface area contributed by atoms with Crippen molar-refractivity contribution in [2.45, 2.75) is 44.6 Å². The number of nitrogens with two attached hydrogens (primary N) is 1. The molecule has 0 aliphatic carbocycles. The largest absolute Gasteiger partial charge is 0.497 e. The third kappa shape index (κ3) is 6.82. The van der Waals surface area contributed by atoms with Crippen molar-refractivity contribution in [2.75, 3.05) is 33.9 Å². The highest BCUT2D eigenvalue weighted by Crippen LogP contribution is 2.38. The minimum absolute atomic E-state index is 0.140. The number of esters is 1. The van der Waals surface area contributed by atoms with Crippen LogP contribution in [-0.2, 0) is 14.3 Å². The highest BCUT2D eigenvalue weighted by molar-refractivity contribution is 5.81. The minimum Gasteiger partial charge on any atom is -0.497 e. The number of unbranched alkanes of at least 4 members (excludes halogenated alkanes) is 2. The van der Waals surface area contributed by atoms with Crippen LogP contribution in [0, 0.1) is 0 Å². The highest BCUT2D eigenvalue weighted by Gasteiger charge is 2.32. The Labute approximate surface area is 176 Å². The van der Waals surface area contributed by atoms with Crippen LogP contribution in [0.15, 0.2) is 18.2 Å². The SMILES string of the molecule is COc1ccc(OC)c([C@H]2CCCN2C(=O)COC(=O)CCCCCNC(N)=O)c1. The van der Waals surface area contributed by atoms with Crippen molar-refractivity contribution in [2.24, 2.45) is 5.73 Å². The molecular formula is C21H31N3O6. The van der Waals surface area contributed by atoms with Crippen LogP contribution < -0.4 is 20.5 Å². The molecule has 0 bridgehead atoms. The molecule has 166 valence electrons. The molecule has 9 nitrogen and oxygen atoms in total. The van der Waals surface area contributed by atoms with Crippen molar-refractivity contribution >= 4 is 17.9 Å². The van der Waals surface area contributed by atoms with Crippen LogP contribution in [0.4, 0.5) is 4.79 Å². The molecule has 1 atom stereocenters. The number of carbonyl (C=O) groups excluding carboxylic acids is 3. The average Bonchev–Trinajstić information content (AvgIpc) is 3.23. The van der Waals surface area contributed by atoms with Crippen molar-refractivity contribution in [1.29, 1.82) is 0 Å². The van der Waals surface area contributed by atoms with Crippen LogP contribution in [-0.4, -0.2) is 56.7 Å². The Morgan fingerprint density at radius 2 is 1.97 bits per heavy atom. The minimum atomic E-state index is -0.556. The van der Waals surface area contributed by atoms with Gasteiger partial charge >= 0.3 is 12.0 Å². The summed E-state index contributed by atoms with van der Waals surface area (Å²) in [6.07, 6.45) is 4.02. The lowest BCUT2D eigenvalue weighted by atomic mass is 10.0. The van der Waals surface area contributed by atoms with Crippen LogP contribution in [0.1, 0.15) is 50.1 Å². The van der Waals surface area contributed by atoms with Crippen LogP contribution in [0.25, 0.3) is 0 Å². The van der Waals surface area contributed by atoms with E-state index >= 15 is 0 Å². The summed E-state index contributed by atoms with van der Waals surface area (Å²) in [6.45, 7) is 0.812. The van der Waals surface area contributed by atoms with Gasteiger partial charge in [-0.15, -0.1) is 0 Å². The van der Waals surface area contributed by atoms with Crippen LogP contribution in [0.2, 0.25) is 0 Å². The van der Waals surface area contributed by atoms with Crippen LogP contribution in [0.3, 0.4) is 0 Å². The summed E-state index contributed by atoms with van der Waals surface area (Å²) < 4.78 is 15.9. The van der Waals surface area contributed by atoms with E-state index in [4.69, 9.17) is 19.9 Å². The molecule has 0 aromatic heterocycles. The fourth-order valence-corrected chi connectivity index (χ4v) is 3.57. The smallest absolute Gasteiger partial charge is 0.312 e. The number of ether oxygens (including phenoxy) is 3. The van der Waals surface area contributed by atoms with Gasteiger partial charge < -0.3 is 30.2 Å². The zero-order valence-corrected chi connectivity index (χ0v) is 17.6. The molecule has 1 fully saturated rings. The zero-order chi connectivity index (χ0) is 21.9. The van der Waals surface area contributed by atoms with Crippen molar-refractivity contribution in [3.05, 3.63) is 23.8 Å². The van der Waals surface area contributed by atoms with Gasteiger partial charge in [0.2, 0.25) is 0 Å². The first kappa shape index (κ1) is 23.3. The molecule has 0 spiro atoms. The van der Waals surface area contributed by atoms with E-state index in [1.54, 1.807) is 19.1 Å². The van der Waals surface area contributed by atoms with Gasteiger partial charge in [-0.05, 0) is 43.9 Å². The van der Waals surface area contributed by atoms with Crippen molar-refractivity contribution in [3.63, 3.8) is 0 Å². The maximum atomic E-state index is 12.7. The third-order valence-corrected chi connectivity index (χ3v) is 5.08. The molecule has 1 aliphatic heterocycles. The second kappa shape index (κ2) is 11.9. The van der Waals surface area contributed by atoms with E-state index in [2.05, 4.69) is 5.32 Å². The number of amides is 3. The molecule has 2 rings (SSSR count). The number of likely N-dealkylation sites (tertiary alicyclic amines) is 1. The molecule has 30 heavy (non-hydrogen) atoms. The van der Waals surface area contributed by atoms with Gasteiger partial charge in [-0.3, -0.25) is 9.59 Å². The van der Waals surface area contributed by atoms with E-state index in [0.29, 0.717) is 31.0 Å². The lowest BCUT2D eigenvalue weighted by Crippen LogP contribution is -2.34. The predicted molar refractivity (Wildman–Crippen MR) is 110 cm³/mol. The quantitative estimate of drug-likeness (QED) is 0.417. The molecule has 9 heteroatoms. The summed E-state index contributed by atoms with van der Waals surface area (Å²) in [7, 11) is 3.19. The molecule has 3 amide bonds. The van der Waals surface area contributed by atoms with Gasteiger partial charge in [0.05, 0.1) is 20.3 Å². The fourth-order valence-electron chi connectivity index (χ4n) is 3.57. The number of methoxy groups -OCH3 is 2. The molecule has 1 heterocycles. The molecule has 1 aliphatic rings. The van der Waals surface area contributed by atoms with E-state index in [-0.39, 0.29) is 25.0 Å². The third-order valence-electron chi connectivity index (χ3n) is 5.08. The number of primary amides is 1. The van der Waals surface area contributed by atoms with E-state index in [9.17, 15) is 14.4 Å². The summed E-state index contributed by atoms with van der Waals surface area (Å²) in [5, 5.41) is 2.49. The number of nitrogens with one attached hydrogen (secondary N) is 1. The van der Waals surface area contributed by atoms with E-state index in [1.807, 2.05) is 18.2 Å². The maximum absolute atomic E-state index is 12.7. The van der Waals surface area contributed by atoms with E-state index < -0.39 is 12.0 Å². The second-order valence-corrected chi connectivity index (χ2v) is 7.12. The Bertz CT molecular complexity index is 739. The fraction of sp³-hybridized carbons (Fsp3) is 0.571. The van der Waals surface area contributed by atoms with Gasteiger partial charge in [0.15, 0.2) is 6.61 Å². The Morgan fingerprint density at radius 1 is 1.17 bits per heavy atom. The molecule has 0 saturated carbocycles. The number of hydrogen-bond acceptors (Lipinski definition) is 6. The van der Waals surface area contributed by atoms with Gasteiger partial charge in [0.1, 0.15) is 11.5 Å². The molecule has 0 radical (unpaired) electrons. The first-order chi connectivity index (χ1) is 14.5. The Kier molecular flexibility index (Phi) is 9.24. The summed E-state index contributed by atoms with van der Waals surface area (Å²) >= 11 is 0. The molecular weight excluding hydrogens is 390 g/mol. The molecule has 3 N–H and O–H groups in total. The molecule has 1 aromatic rings. The number of rotatable bonds is 11. The van der Waals surface area contributed by atoms with Crippen molar-refractivity contribution in [3.8, 4) is 11.5 Å². The number of urea groups is 1. The summed E-state index contributed by atoms with van der Waals surface area (Å²) in [6, 6.07) is 4.83. The van der Waals surface area contributed by atoms with Gasteiger partial charge in [0.25, 0.3) is 5.91 Å². The Hall–Kier alpha value is -2.97. The summed E-state index contributed by atoms with van der Waals surface area (Å²) in [5.74, 6) is 0.771. The predicted octanol–water partition coefficient (Wildman–Crippen LogP) is 2.14. The van der Waals surface area contributed by atoms with Gasteiger partial charge in [-0.2, -0.15) is 0 Å². The molecule has 0 unspecified atom stereocenters. The topological polar surface area (TPSA) is 120 Å².